The summed E-state index contributed by atoms with van der Waals surface area (Å²) in [5.41, 5.74) is 7.84. The topological polar surface area (TPSA) is 55.1 Å². The molecule has 1 aromatic rings. The lowest BCUT2D eigenvalue weighted by molar-refractivity contribution is -0.121. The number of benzene rings is 1. The molecule has 0 aromatic heterocycles. The Morgan fingerprint density at radius 2 is 2.00 bits per heavy atom. The molecule has 3 N–H and O–H groups in total. The van der Waals surface area contributed by atoms with E-state index in [4.69, 9.17) is 5.73 Å². The normalized spacial score (nSPS) is 10.1. The Labute approximate surface area is 97.0 Å². The molecule has 0 aliphatic heterocycles. The Morgan fingerprint density at radius 1 is 1.31 bits per heavy atom. The maximum atomic E-state index is 11.3. The van der Waals surface area contributed by atoms with E-state index in [-0.39, 0.29) is 5.91 Å². The minimum absolute atomic E-state index is 0.0950. The Morgan fingerprint density at radius 3 is 2.62 bits per heavy atom. The van der Waals surface area contributed by atoms with Crippen LogP contribution in [0.15, 0.2) is 24.3 Å². The van der Waals surface area contributed by atoms with Crippen molar-refractivity contribution in [2.75, 3.05) is 13.1 Å². The predicted octanol–water partition coefficient (Wildman–Crippen LogP) is 1.39. The number of carbonyl (C=O) groups is 1. The Bertz CT molecular complexity index is 319. The third-order valence-electron chi connectivity index (χ3n) is 2.46. The van der Waals surface area contributed by atoms with Crippen LogP contribution in [0.1, 0.15) is 24.0 Å². The van der Waals surface area contributed by atoms with Crippen molar-refractivity contribution in [3.8, 4) is 0 Å². The van der Waals surface area contributed by atoms with Crippen LogP contribution in [0.2, 0.25) is 0 Å². The van der Waals surface area contributed by atoms with Gasteiger partial charge >= 0.3 is 0 Å². The zero-order valence-electron chi connectivity index (χ0n) is 9.83. The summed E-state index contributed by atoms with van der Waals surface area (Å²) in [6.45, 7) is 3.34. The van der Waals surface area contributed by atoms with E-state index in [0.717, 1.165) is 12.8 Å². The average Bonchev–Trinajstić information content (AvgIpc) is 2.29. The molecule has 0 unspecified atom stereocenters. The molecule has 0 bridgehead atoms. The molecule has 0 aliphatic rings. The number of hydrogen-bond acceptors (Lipinski definition) is 2. The molecule has 0 aliphatic carbocycles. The molecule has 1 amide bonds. The van der Waals surface area contributed by atoms with Crippen LogP contribution >= 0.6 is 0 Å². The van der Waals surface area contributed by atoms with Gasteiger partial charge in [0.05, 0.1) is 0 Å². The molecule has 0 atom stereocenters. The van der Waals surface area contributed by atoms with Crippen LogP contribution in [-0.4, -0.2) is 19.0 Å². The first kappa shape index (κ1) is 12.7. The summed E-state index contributed by atoms with van der Waals surface area (Å²) in [7, 11) is 0. The van der Waals surface area contributed by atoms with Gasteiger partial charge in [-0.05, 0) is 31.9 Å². The fraction of sp³-hybridized carbons (Fsp3) is 0.462. The Hall–Kier alpha value is -1.35. The van der Waals surface area contributed by atoms with Crippen molar-refractivity contribution >= 4 is 5.91 Å². The van der Waals surface area contributed by atoms with Gasteiger partial charge in [-0.15, -0.1) is 0 Å². The van der Waals surface area contributed by atoms with Crippen LogP contribution in [0.5, 0.6) is 0 Å². The van der Waals surface area contributed by atoms with Crippen molar-refractivity contribution in [2.24, 2.45) is 5.73 Å². The van der Waals surface area contributed by atoms with Crippen LogP contribution in [0.3, 0.4) is 0 Å². The number of hydrogen-bond donors (Lipinski definition) is 2. The van der Waals surface area contributed by atoms with Gasteiger partial charge in [0.1, 0.15) is 0 Å². The Kier molecular flexibility index (Phi) is 5.57. The van der Waals surface area contributed by atoms with Gasteiger partial charge < -0.3 is 11.1 Å². The van der Waals surface area contributed by atoms with Gasteiger partial charge in [0.2, 0.25) is 5.91 Å². The van der Waals surface area contributed by atoms with Crippen LogP contribution < -0.4 is 11.1 Å². The molecule has 0 fully saturated rings. The first-order valence-electron chi connectivity index (χ1n) is 5.74. The van der Waals surface area contributed by atoms with E-state index in [1.807, 2.05) is 0 Å². The second kappa shape index (κ2) is 7.01. The number of amides is 1. The van der Waals surface area contributed by atoms with E-state index in [2.05, 4.69) is 36.5 Å². The molecular formula is C13H20N2O. The summed E-state index contributed by atoms with van der Waals surface area (Å²) < 4.78 is 0. The molecule has 3 heteroatoms. The van der Waals surface area contributed by atoms with Crippen molar-refractivity contribution in [1.82, 2.24) is 5.32 Å². The van der Waals surface area contributed by atoms with E-state index < -0.39 is 0 Å². The van der Waals surface area contributed by atoms with E-state index in [1.165, 1.54) is 11.1 Å². The lowest BCUT2D eigenvalue weighted by Crippen LogP contribution is -2.25. The summed E-state index contributed by atoms with van der Waals surface area (Å²) in [6.07, 6.45) is 2.18. The summed E-state index contributed by atoms with van der Waals surface area (Å²) >= 11 is 0. The number of nitrogens with one attached hydrogen (secondary N) is 1. The number of carbonyl (C=O) groups excluding carboxylic acids is 1. The van der Waals surface area contributed by atoms with Gasteiger partial charge in [0.25, 0.3) is 0 Å². The quantitative estimate of drug-likeness (QED) is 0.761. The summed E-state index contributed by atoms with van der Waals surface area (Å²) in [4.78, 5) is 11.3. The summed E-state index contributed by atoms with van der Waals surface area (Å²) in [5.74, 6) is 0.0950. The van der Waals surface area contributed by atoms with Crippen LogP contribution in [0, 0.1) is 6.92 Å². The van der Waals surface area contributed by atoms with Crippen molar-refractivity contribution < 1.29 is 4.79 Å². The minimum Gasteiger partial charge on any atom is -0.356 e. The van der Waals surface area contributed by atoms with Crippen LogP contribution in [0.4, 0.5) is 0 Å². The molecule has 0 saturated heterocycles. The average molecular weight is 220 g/mol. The smallest absolute Gasteiger partial charge is 0.220 e. The minimum atomic E-state index is 0.0950. The standard InChI is InChI=1S/C13H20N2O/c1-11-4-6-12(7-5-11)8-10-15-13(16)3-2-9-14/h4-7H,2-3,8-10,14H2,1H3,(H,15,16). The number of rotatable bonds is 6. The SMILES string of the molecule is Cc1ccc(CCNC(=O)CCCN)cc1. The van der Waals surface area contributed by atoms with Gasteiger partial charge in [-0.3, -0.25) is 4.79 Å². The van der Waals surface area contributed by atoms with Crippen molar-refractivity contribution in [3.05, 3.63) is 35.4 Å². The number of aryl methyl sites for hydroxylation is 1. The molecule has 0 saturated carbocycles. The highest BCUT2D eigenvalue weighted by Gasteiger charge is 1.99. The van der Waals surface area contributed by atoms with E-state index in [9.17, 15) is 4.79 Å². The highest BCUT2D eigenvalue weighted by Crippen LogP contribution is 2.03. The third kappa shape index (κ3) is 4.94. The molecular weight excluding hydrogens is 200 g/mol. The third-order valence-corrected chi connectivity index (χ3v) is 2.46. The summed E-state index contributed by atoms with van der Waals surface area (Å²) in [6, 6.07) is 8.37. The molecule has 88 valence electrons. The largest absolute Gasteiger partial charge is 0.356 e. The second-order valence-corrected chi connectivity index (χ2v) is 3.98. The van der Waals surface area contributed by atoms with Crippen molar-refractivity contribution in [2.45, 2.75) is 26.2 Å². The van der Waals surface area contributed by atoms with Gasteiger partial charge in [-0.2, -0.15) is 0 Å². The number of nitrogens with two attached hydrogens (primary N) is 1. The summed E-state index contributed by atoms with van der Waals surface area (Å²) in [5, 5.41) is 2.89. The molecule has 3 nitrogen and oxygen atoms in total. The lowest BCUT2D eigenvalue weighted by atomic mass is 10.1. The second-order valence-electron chi connectivity index (χ2n) is 3.98. The van der Waals surface area contributed by atoms with Crippen LogP contribution in [-0.2, 0) is 11.2 Å². The molecule has 1 aromatic carbocycles. The monoisotopic (exact) mass is 220 g/mol. The fourth-order valence-corrected chi connectivity index (χ4v) is 1.45. The van der Waals surface area contributed by atoms with Gasteiger partial charge in [-0.1, -0.05) is 29.8 Å². The highest BCUT2D eigenvalue weighted by molar-refractivity contribution is 5.75. The molecule has 0 heterocycles. The van der Waals surface area contributed by atoms with Gasteiger partial charge in [0.15, 0.2) is 0 Å². The van der Waals surface area contributed by atoms with E-state index >= 15 is 0 Å². The van der Waals surface area contributed by atoms with Crippen molar-refractivity contribution in [3.63, 3.8) is 0 Å². The van der Waals surface area contributed by atoms with Gasteiger partial charge in [-0.25, -0.2) is 0 Å². The van der Waals surface area contributed by atoms with E-state index in [0.29, 0.717) is 19.5 Å². The Balaban J connectivity index is 2.20. The molecule has 16 heavy (non-hydrogen) atoms. The van der Waals surface area contributed by atoms with Crippen LogP contribution in [0.25, 0.3) is 0 Å². The van der Waals surface area contributed by atoms with Crippen molar-refractivity contribution in [1.29, 1.82) is 0 Å². The maximum absolute atomic E-state index is 11.3. The lowest BCUT2D eigenvalue weighted by Gasteiger charge is -2.05. The maximum Gasteiger partial charge on any atom is 0.220 e. The first-order chi connectivity index (χ1) is 7.72. The molecule has 0 spiro atoms. The van der Waals surface area contributed by atoms with Gasteiger partial charge in [0, 0.05) is 13.0 Å². The molecule has 0 radical (unpaired) electrons. The zero-order valence-corrected chi connectivity index (χ0v) is 9.83. The predicted molar refractivity (Wildman–Crippen MR) is 66.2 cm³/mol. The molecule has 1 rings (SSSR count). The zero-order chi connectivity index (χ0) is 11.8. The fourth-order valence-electron chi connectivity index (χ4n) is 1.45. The van der Waals surface area contributed by atoms with E-state index in [1.54, 1.807) is 0 Å². The first-order valence-corrected chi connectivity index (χ1v) is 5.74. The highest BCUT2D eigenvalue weighted by atomic mass is 16.1.